The molecular weight excluding hydrogens is 220 g/mol. The summed E-state index contributed by atoms with van der Waals surface area (Å²) in [5.74, 6) is 0. The lowest BCUT2D eigenvalue weighted by molar-refractivity contribution is 0.166. The summed E-state index contributed by atoms with van der Waals surface area (Å²) in [5.41, 5.74) is 3.53. The number of thiophene rings is 1. The molecule has 3 nitrogen and oxygen atoms in total. The van der Waals surface area contributed by atoms with Crippen LogP contribution in [-0.2, 0) is 6.54 Å². The van der Waals surface area contributed by atoms with Crippen LogP contribution in [0.2, 0.25) is 0 Å². The van der Waals surface area contributed by atoms with Gasteiger partial charge in [0.15, 0.2) is 0 Å². The minimum atomic E-state index is -0.338. The summed E-state index contributed by atoms with van der Waals surface area (Å²) in [4.78, 5) is 2.35. The minimum absolute atomic E-state index is 0.338. The zero-order valence-electron chi connectivity index (χ0n) is 9.40. The van der Waals surface area contributed by atoms with Crippen molar-refractivity contribution in [3.8, 4) is 11.3 Å². The Morgan fingerprint density at radius 3 is 3.12 bits per heavy atom. The van der Waals surface area contributed by atoms with E-state index in [1.165, 1.54) is 21.7 Å². The number of hydrogen-bond acceptors (Lipinski definition) is 3. The van der Waals surface area contributed by atoms with E-state index in [2.05, 4.69) is 25.0 Å². The minimum Gasteiger partial charge on any atom is -0.387 e. The number of aryl methyl sites for hydroxylation is 3. The van der Waals surface area contributed by atoms with Crippen molar-refractivity contribution in [3.05, 3.63) is 27.6 Å². The highest BCUT2D eigenvalue weighted by molar-refractivity contribution is 7.12. The lowest BCUT2D eigenvalue weighted by Crippen LogP contribution is -2.02. The van der Waals surface area contributed by atoms with E-state index in [1.807, 2.05) is 10.9 Å². The summed E-state index contributed by atoms with van der Waals surface area (Å²) < 4.78 is 2.01. The molecule has 3 rings (SSSR count). The van der Waals surface area contributed by atoms with E-state index in [0.29, 0.717) is 0 Å². The third kappa shape index (κ3) is 1.33. The van der Waals surface area contributed by atoms with Crippen molar-refractivity contribution in [1.82, 2.24) is 9.78 Å². The van der Waals surface area contributed by atoms with Gasteiger partial charge in [-0.3, -0.25) is 4.68 Å². The third-order valence-electron chi connectivity index (χ3n) is 3.08. The molecule has 2 aromatic rings. The topological polar surface area (TPSA) is 38.0 Å². The van der Waals surface area contributed by atoms with Gasteiger partial charge >= 0.3 is 0 Å². The first kappa shape index (κ1) is 10.1. The molecule has 2 aromatic heterocycles. The molecule has 16 heavy (non-hydrogen) atoms. The molecule has 0 aliphatic carbocycles. The van der Waals surface area contributed by atoms with E-state index in [9.17, 15) is 5.11 Å². The van der Waals surface area contributed by atoms with Crippen molar-refractivity contribution >= 4 is 11.3 Å². The Labute approximate surface area is 98.3 Å². The van der Waals surface area contributed by atoms with Crippen LogP contribution < -0.4 is 0 Å². The molecule has 1 unspecified atom stereocenters. The molecule has 0 amide bonds. The molecule has 0 spiro atoms. The number of hydrogen-bond donors (Lipinski definition) is 1. The number of aliphatic hydroxyl groups is 1. The van der Waals surface area contributed by atoms with Gasteiger partial charge in [-0.1, -0.05) is 0 Å². The van der Waals surface area contributed by atoms with Crippen LogP contribution in [0.5, 0.6) is 0 Å². The molecule has 0 radical (unpaired) electrons. The number of fused-ring (bicyclic) bond motifs is 3. The average molecular weight is 234 g/mol. The first-order valence-corrected chi connectivity index (χ1v) is 6.29. The van der Waals surface area contributed by atoms with Crippen molar-refractivity contribution < 1.29 is 5.11 Å². The van der Waals surface area contributed by atoms with Gasteiger partial charge in [0.05, 0.1) is 18.0 Å². The fourth-order valence-electron chi connectivity index (χ4n) is 2.34. The van der Waals surface area contributed by atoms with Crippen LogP contribution in [0, 0.1) is 13.8 Å². The maximum atomic E-state index is 10.1. The number of aromatic nitrogens is 2. The van der Waals surface area contributed by atoms with Crippen molar-refractivity contribution in [2.24, 2.45) is 0 Å². The lowest BCUT2D eigenvalue weighted by Gasteiger charge is -2.05. The number of nitrogens with zero attached hydrogens (tertiary/aromatic N) is 2. The molecule has 0 saturated heterocycles. The van der Waals surface area contributed by atoms with Gasteiger partial charge in [-0.2, -0.15) is 5.10 Å². The summed E-state index contributed by atoms with van der Waals surface area (Å²) >= 11 is 1.70. The maximum absolute atomic E-state index is 10.1. The summed E-state index contributed by atoms with van der Waals surface area (Å²) in [5, 5.41) is 14.5. The Bertz CT molecular complexity index is 541. The van der Waals surface area contributed by atoms with E-state index in [4.69, 9.17) is 0 Å². The van der Waals surface area contributed by atoms with E-state index in [1.54, 1.807) is 11.3 Å². The Morgan fingerprint density at radius 2 is 2.31 bits per heavy atom. The van der Waals surface area contributed by atoms with Gasteiger partial charge in [0.1, 0.15) is 0 Å². The van der Waals surface area contributed by atoms with Gasteiger partial charge in [0.2, 0.25) is 0 Å². The molecule has 0 bridgehead atoms. The van der Waals surface area contributed by atoms with Crippen LogP contribution in [0.4, 0.5) is 0 Å². The molecule has 3 heterocycles. The molecular formula is C12H14N2OS. The Morgan fingerprint density at radius 1 is 1.50 bits per heavy atom. The second-order valence-corrected chi connectivity index (χ2v) is 5.63. The van der Waals surface area contributed by atoms with Gasteiger partial charge in [-0.05, 0) is 31.9 Å². The van der Waals surface area contributed by atoms with Crippen LogP contribution in [0.15, 0.2) is 12.3 Å². The molecule has 1 aliphatic rings. The van der Waals surface area contributed by atoms with Gasteiger partial charge < -0.3 is 5.11 Å². The first-order valence-electron chi connectivity index (χ1n) is 5.48. The Kier molecular flexibility index (Phi) is 2.16. The highest BCUT2D eigenvalue weighted by Gasteiger charge is 2.24. The van der Waals surface area contributed by atoms with Crippen molar-refractivity contribution in [2.45, 2.75) is 32.9 Å². The molecule has 4 heteroatoms. The largest absolute Gasteiger partial charge is 0.387 e. The molecule has 0 saturated carbocycles. The summed E-state index contributed by atoms with van der Waals surface area (Å²) in [7, 11) is 0. The van der Waals surface area contributed by atoms with E-state index < -0.39 is 0 Å². The average Bonchev–Trinajstić information content (AvgIpc) is 2.75. The van der Waals surface area contributed by atoms with Crippen LogP contribution in [0.3, 0.4) is 0 Å². The van der Waals surface area contributed by atoms with Gasteiger partial charge in [-0.15, -0.1) is 11.3 Å². The number of rotatable bonds is 0. The second kappa shape index (κ2) is 3.43. The fraction of sp³-hybridized carbons (Fsp3) is 0.417. The van der Waals surface area contributed by atoms with Gasteiger partial charge in [0, 0.05) is 21.9 Å². The molecule has 0 aromatic carbocycles. The SMILES string of the molecule is Cc1cc2c(s1)C(O)CCn1ncc(C)c1-2. The third-order valence-corrected chi connectivity index (χ3v) is 4.23. The van der Waals surface area contributed by atoms with Crippen LogP contribution in [0.25, 0.3) is 11.3 Å². The quantitative estimate of drug-likeness (QED) is 0.761. The zero-order valence-corrected chi connectivity index (χ0v) is 10.2. The lowest BCUT2D eigenvalue weighted by atomic mass is 10.1. The molecule has 1 atom stereocenters. The second-order valence-electron chi connectivity index (χ2n) is 4.34. The highest BCUT2D eigenvalue weighted by Crippen LogP contribution is 2.40. The smallest absolute Gasteiger partial charge is 0.0906 e. The van der Waals surface area contributed by atoms with Crippen LogP contribution in [0.1, 0.15) is 27.8 Å². The van der Waals surface area contributed by atoms with Gasteiger partial charge in [-0.25, -0.2) is 0 Å². The summed E-state index contributed by atoms with van der Waals surface area (Å²) in [6.45, 7) is 4.96. The van der Waals surface area contributed by atoms with Crippen molar-refractivity contribution in [1.29, 1.82) is 0 Å². The standard InChI is InChI=1S/C12H14N2OS/c1-7-6-13-14-4-3-10(15)12-9(11(7)14)5-8(2)16-12/h5-6,10,15H,3-4H2,1-2H3. The van der Waals surface area contributed by atoms with Gasteiger partial charge in [0.25, 0.3) is 0 Å². The zero-order chi connectivity index (χ0) is 11.3. The monoisotopic (exact) mass is 234 g/mol. The summed E-state index contributed by atoms with van der Waals surface area (Å²) in [6.07, 6.45) is 2.32. The van der Waals surface area contributed by atoms with Crippen LogP contribution in [-0.4, -0.2) is 14.9 Å². The molecule has 0 fully saturated rings. The fourth-order valence-corrected chi connectivity index (χ4v) is 3.38. The molecule has 84 valence electrons. The predicted molar refractivity (Wildman–Crippen MR) is 64.6 cm³/mol. The van der Waals surface area contributed by atoms with E-state index in [0.717, 1.165) is 17.8 Å². The molecule has 1 N–H and O–H groups in total. The van der Waals surface area contributed by atoms with Crippen molar-refractivity contribution in [2.75, 3.05) is 0 Å². The first-order chi connectivity index (χ1) is 7.66. The predicted octanol–water partition coefficient (Wildman–Crippen LogP) is 2.67. The van der Waals surface area contributed by atoms with Crippen molar-refractivity contribution in [3.63, 3.8) is 0 Å². The van der Waals surface area contributed by atoms with Crippen LogP contribution >= 0.6 is 11.3 Å². The normalized spacial score (nSPS) is 19.1. The molecule has 1 aliphatic heterocycles. The number of aliphatic hydroxyl groups excluding tert-OH is 1. The highest BCUT2D eigenvalue weighted by atomic mass is 32.1. The maximum Gasteiger partial charge on any atom is 0.0906 e. The Balaban J connectivity index is 2.30. The Hall–Kier alpha value is -1.13. The van der Waals surface area contributed by atoms with E-state index >= 15 is 0 Å². The van der Waals surface area contributed by atoms with E-state index in [-0.39, 0.29) is 6.10 Å². The summed E-state index contributed by atoms with van der Waals surface area (Å²) in [6, 6.07) is 2.16.